The van der Waals surface area contributed by atoms with Crippen molar-refractivity contribution in [3.8, 4) is 0 Å². The number of thiocarbonyl (C=S) groups is 1. The standard InChI is InChI=1S/C11H20N2OS/c1-2-13(7-6-10(12)15)11(14)8-9-4-3-5-9/h9H,2-8H2,1H3,(H2,12,15). The van der Waals surface area contributed by atoms with Crippen molar-refractivity contribution in [3.63, 3.8) is 0 Å². The Kier molecular flexibility index (Phi) is 5.02. The molecule has 0 saturated heterocycles. The Labute approximate surface area is 97.0 Å². The molecule has 0 spiro atoms. The van der Waals surface area contributed by atoms with E-state index in [1.54, 1.807) is 0 Å². The topological polar surface area (TPSA) is 46.3 Å². The lowest BCUT2D eigenvalue weighted by molar-refractivity contribution is -0.132. The first-order valence-corrected chi connectivity index (χ1v) is 6.10. The van der Waals surface area contributed by atoms with Crippen molar-refractivity contribution >= 4 is 23.1 Å². The van der Waals surface area contributed by atoms with E-state index in [9.17, 15) is 4.79 Å². The fraction of sp³-hybridized carbons (Fsp3) is 0.818. The number of carbonyl (C=O) groups excluding carboxylic acids is 1. The molecule has 0 aromatic rings. The third kappa shape index (κ3) is 4.16. The lowest BCUT2D eigenvalue weighted by atomic mass is 9.82. The molecule has 0 heterocycles. The number of carbonyl (C=O) groups is 1. The Morgan fingerprint density at radius 3 is 2.60 bits per heavy atom. The van der Waals surface area contributed by atoms with Crippen molar-refractivity contribution in [1.82, 2.24) is 4.90 Å². The van der Waals surface area contributed by atoms with Crippen LogP contribution in [0.25, 0.3) is 0 Å². The maximum absolute atomic E-state index is 11.8. The van der Waals surface area contributed by atoms with Crippen LogP contribution in [0.2, 0.25) is 0 Å². The number of nitrogens with two attached hydrogens (primary N) is 1. The third-order valence-electron chi connectivity index (χ3n) is 3.05. The number of amides is 1. The maximum Gasteiger partial charge on any atom is 0.222 e. The molecule has 2 N–H and O–H groups in total. The zero-order valence-electron chi connectivity index (χ0n) is 9.37. The van der Waals surface area contributed by atoms with Crippen molar-refractivity contribution < 1.29 is 4.79 Å². The van der Waals surface area contributed by atoms with Crippen LogP contribution in [-0.2, 0) is 4.79 Å². The molecule has 0 radical (unpaired) electrons. The van der Waals surface area contributed by atoms with Gasteiger partial charge in [-0.2, -0.15) is 0 Å². The van der Waals surface area contributed by atoms with Gasteiger partial charge in [0.25, 0.3) is 0 Å². The van der Waals surface area contributed by atoms with Gasteiger partial charge in [-0.1, -0.05) is 18.6 Å². The monoisotopic (exact) mass is 228 g/mol. The lowest BCUT2D eigenvalue weighted by Gasteiger charge is -2.28. The summed E-state index contributed by atoms with van der Waals surface area (Å²) in [5, 5.41) is 0. The van der Waals surface area contributed by atoms with Crippen LogP contribution in [0.4, 0.5) is 0 Å². The Morgan fingerprint density at radius 2 is 2.20 bits per heavy atom. The average Bonchev–Trinajstić information content (AvgIpc) is 2.12. The molecule has 1 aliphatic carbocycles. The average molecular weight is 228 g/mol. The quantitative estimate of drug-likeness (QED) is 0.704. The molecule has 1 saturated carbocycles. The van der Waals surface area contributed by atoms with E-state index in [1.165, 1.54) is 19.3 Å². The van der Waals surface area contributed by atoms with E-state index in [1.807, 2.05) is 11.8 Å². The molecule has 0 aliphatic heterocycles. The van der Waals surface area contributed by atoms with Crippen LogP contribution in [0.1, 0.15) is 39.0 Å². The summed E-state index contributed by atoms with van der Waals surface area (Å²) in [6, 6.07) is 0. The molecule has 0 atom stereocenters. The molecule has 15 heavy (non-hydrogen) atoms. The van der Waals surface area contributed by atoms with E-state index >= 15 is 0 Å². The van der Waals surface area contributed by atoms with Gasteiger partial charge in [-0.05, 0) is 25.7 Å². The molecule has 1 aliphatic rings. The molecule has 3 nitrogen and oxygen atoms in total. The van der Waals surface area contributed by atoms with Crippen LogP contribution in [0.15, 0.2) is 0 Å². The minimum atomic E-state index is 0.262. The minimum Gasteiger partial charge on any atom is -0.393 e. The van der Waals surface area contributed by atoms with E-state index < -0.39 is 0 Å². The number of hydrogen-bond donors (Lipinski definition) is 1. The van der Waals surface area contributed by atoms with E-state index in [-0.39, 0.29) is 5.91 Å². The van der Waals surface area contributed by atoms with E-state index in [0.717, 1.165) is 6.54 Å². The molecule has 0 unspecified atom stereocenters. The summed E-state index contributed by atoms with van der Waals surface area (Å²) >= 11 is 4.81. The molecular formula is C11H20N2OS. The molecular weight excluding hydrogens is 208 g/mol. The van der Waals surface area contributed by atoms with Crippen LogP contribution >= 0.6 is 12.2 Å². The third-order valence-corrected chi connectivity index (χ3v) is 3.25. The van der Waals surface area contributed by atoms with Crippen molar-refractivity contribution in [1.29, 1.82) is 0 Å². The zero-order chi connectivity index (χ0) is 11.3. The van der Waals surface area contributed by atoms with Crippen LogP contribution in [0, 0.1) is 5.92 Å². The van der Waals surface area contributed by atoms with Gasteiger partial charge in [-0.25, -0.2) is 0 Å². The zero-order valence-corrected chi connectivity index (χ0v) is 10.2. The molecule has 86 valence electrons. The van der Waals surface area contributed by atoms with Gasteiger partial charge < -0.3 is 10.6 Å². The van der Waals surface area contributed by atoms with Crippen LogP contribution in [0.3, 0.4) is 0 Å². The lowest BCUT2D eigenvalue weighted by Crippen LogP contribution is -2.35. The molecule has 1 amide bonds. The second-order valence-corrected chi connectivity index (χ2v) is 4.72. The van der Waals surface area contributed by atoms with Gasteiger partial charge >= 0.3 is 0 Å². The Morgan fingerprint density at radius 1 is 1.53 bits per heavy atom. The first-order valence-electron chi connectivity index (χ1n) is 5.69. The highest BCUT2D eigenvalue weighted by molar-refractivity contribution is 7.80. The van der Waals surface area contributed by atoms with Gasteiger partial charge in [0.1, 0.15) is 0 Å². The van der Waals surface area contributed by atoms with Crippen molar-refractivity contribution in [2.24, 2.45) is 11.7 Å². The second kappa shape index (κ2) is 6.05. The van der Waals surface area contributed by atoms with Crippen LogP contribution < -0.4 is 5.73 Å². The highest BCUT2D eigenvalue weighted by Crippen LogP contribution is 2.29. The molecule has 1 fully saturated rings. The predicted molar refractivity (Wildman–Crippen MR) is 65.6 cm³/mol. The smallest absolute Gasteiger partial charge is 0.222 e. The Balaban J connectivity index is 2.28. The summed E-state index contributed by atoms with van der Waals surface area (Å²) in [7, 11) is 0. The fourth-order valence-corrected chi connectivity index (χ4v) is 1.87. The number of rotatable bonds is 6. The minimum absolute atomic E-state index is 0.262. The van der Waals surface area contributed by atoms with E-state index in [2.05, 4.69) is 0 Å². The summed E-state index contributed by atoms with van der Waals surface area (Å²) < 4.78 is 0. The van der Waals surface area contributed by atoms with Gasteiger partial charge in [-0.3, -0.25) is 4.79 Å². The number of hydrogen-bond acceptors (Lipinski definition) is 2. The van der Waals surface area contributed by atoms with E-state index in [0.29, 0.717) is 30.3 Å². The first-order chi connectivity index (χ1) is 7.13. The maximum atomic E-state index is 11.8. The highest BCUT2D eigenvalue weighted by atomic mass is 32.1. The largest absolute Gasteiger partial charge is 0.393 e. The molecule has 0 aromatic heterocycles. The van der Waals surface area contributed by atoms with Crippen molar-refractivity contribution in [2.45, 2.75) is 39.0 Å². The Hall–Kier alpha value is -0.640. The molecule has 0 bridgehead atoms. The predicted octanol–water partition coefficient (Wildman–Crippen LogP) is 1.70. The summed E-state index contributed by atoms with van der Waals surface area (Å²) in [5.41, 5.74) is 5.43. The SMILES string of the molecule is CCN(CCC(N)=S)C(=O)CC1CCC1. The van der Waals surface area contributed by atoms with Gasteiger partial charge in [-0.15, -0.1) is 0 Å². The van der Waals surface area contributed by atoms with Crippen molar-refractivity contribution in [3.05, 3.63) is 0 Å². The number of nitrogens with zero attached hydrogens (tertiary/aromatic N) is 1. The fourth-order valence-electron chi connectivity index (χ4n) is 1.78. The molecule has 0 aromatic carbocycles. The summed E-state index contributed by atoms with van der Waals surface area (Å²) in [6.45, 7) is 3.43. The van der Waals surface area contributed by atoms with Gasteiger partial charge in [0, 0.05) is 25.9 Å². The summed E-state index contributed by atoms with van der Waals surface area (Å²) in [5.74, 6) is 0.898. The normalized spacial score (nSPS) is 15.8. The first kappa shape index (κ1) is 12.4. The summed E-state index contributed by atoms with van der Waals surface area (Å²) in [6.07, 6.45) is 5.08. The molecule has 1 rings (SSSR count). The summed E-state index contributed by atoms with van der Waals surface area (Å²) in [4.78, 5) is 14.2. The second-order valence-electron chi connectivity index (χ2n) is 4.19. The van der Waals surface area contributed by atoms with Gasteiger partial charge in [0.2, 0.25) is 5.91 Å². The van der Waals surface area contributed by atoms with Crippen LogP contribution in [-0.4, -0.2) is 28.9 Å². The Bertz CT molecular complexity index is 239. The van der Waals surface area contributed by atoms with Gasteiger partial charge in [0.15, 0.2) is 0 Å². The highest BCUT2D eigenvalue weighted by Gasteiger charge is 2.23. The van der Waals surface area contributed by atoms with Gasteiger partial charge in [0.05, 0.1) is 4.99 Å². The van der Waals surface area contributed by atoms with Crippen molar-refractivity contribution in [2.75, 3.05) is 13.1 Å². The van der Waals surface area contributed by atoms with Crippen LogP contribution in [0.5, 0.6) is 0 Å². The van der Waals surface area contributed by atoms with E-state index in [4.69, 9.17) is 18.0 Å². The molecule has 4 heteroatoms.